The van der Waals surface area contributed by atoms with Gasteiger partial charge in [-0.3, -0.25) is 4.79 Å². The van der Waals surface area contributed by atoms with Crippen molar-refractivity contribution in [1.82, 2.24) is 9.21 Å². The first kappa shape index (κ1) is 23.9. The van der Waals surface area contributed by atoms with Crippen LogP contribution in [0.5, 0.6) is 5.75 Å². The van der Waals surface area contributed by atoms with E-state index < -0.39 is 22.0 Å². The van der Waals surface area contributed by atoms with E-state index in [0.29, 0.717) is 12.2 Å². The van der Waals surface area contributed by atoms with Crippen LogP contribution >= 0.6 is 0 Å². The Hall–Kier alpha value is -2.42. The zero-order valence-electron chi connectivity index (χ0n) is 17.7. The molecule has 7 nitrogen and oxygen atoms in total. The zero-order valence-corrected chi connectivity index (χ0v) is 18.5. The van der Waals surface area contributed by atoms with Crippen molar-refractivity contribution >= 4 is 16.0 Å². The molecule has 164 valence electrons. The Bertz CT molecular complexity index is 899. The summed E-state index contributed by atoms with van der Waals surface area (Å²) in [6, 6.07) is 13.9. The number of unbranched alkanes of at least 4 members (excludes halogenated alkanes) is 1. The van der Waals surface area contributed by atoms with Gasteiger partial charge in [0.2, 0.25) is 10.0 Å². The predicted octanol–water partition coefficient (Wildman–Crippen LogP) is 3.07. The van der Waals surface area contributed by atoms with Gasteiger partial charge in [-0.15, -0.1) is 0 Å². The lowest BCUT2D eigenvalue weighted by molar-refractivity contribution is -0.141. The minimum atomic E-state index is -4.04. The number of ether oxygens (including phenoxy) is 1. The molecular weight excluding hydrogens is 404 g/mol. The van der Waals surface area contributed by atoms with Crippen LogP contribution in [-0.2, 0) is 21.4 Å². The van der Waals surface area contributed by atoms with E-state index in [0.717, 1.165) is 22.8 Å². The average Bonchev–Trinajstić information content (AvgIpc) is 2.72. The van der Waals surface area contributed by atoms with E-state index in [2.05, 4.69) is 0 Å². The lowest BCUT2D eigenvalue weighted by Crippen LogP contribution is -2.44. The van der Waals surface area contributed by atoms with E-state index in [1.807, 2.05) is 25.1 Å². The van der Waals surface area contributed by atoms with Crippen LogP contribution in [0.2, 0.25) is 0 Å². The molecule has 8 heteroatoms. The van der Waals surface area contributed by atoms with E-state index >= 15 is 0 Å². The molecule has 0 bridgehead atoms. The Morgan fingerprint density at radius 3 is 2.20 bits per heavy atom. The summed E-state index contributed by atoms with van der Waals surface area (Å²) in [5, 5.41) is 9.89. The maximum atomic E-state index is 13.4. The summed E-state index contributed by atoms with van der Waals surface area (Å²) < 4.78 is 33.1. The van der Waals surface area contributed by atoms with E-state index in [4.69, 9.17) is 4.74 Å². The normalized spacial score (nSPS) is 12.8. The molecule has 0 radical (unpaired) electrons. The van der Waals surface area contributed by atoms with E-state index in [9.17, 15) is 18.3 Å². The molecule has 30 heavy (non-hydrogen) atoms. The molecular formula is C22H30N2O5S. The Morgan fingerprint density at radius 2 is 1.67 bits per heavy atom. The first-order chi connectivity index (χ1) is 14.3. The lowest BCUT2D eigenvalue weighted by Gasteiger charge is -2.28. The summed E-state index contributed by atoms with van der Waals surface area (Å²) in [6.07, 6.45) is 1.64. The van der Waals surface area contributed by atoms with Gasteiger partial charge < -0.3 is 14.7 Å². The average molecular weight is 435 g/mol. The lowest BCUT2D eigenvalue weighted by atomic mass is 10.1. The molecule has 0 saturated carbocycles. The van der Waals surface area contributed by atoms with Crippen LogP contribution in [0, 0.1) is 0 Å². The van der Waals surface area contributed by atoms with Crippen molar-refractivity contribution in [2.75, 3.05) is 27.7 Å². The number of hydrogen-bond acceptors (Lipinski definition) is 5. The highest BCUT2D eigenvalue weighted by molar-refractivity contribution is 7.89. The fourth-order valence-corrected chi connectivity index (χ4v) is 4.77. The van der Waals surface area contributed by atoms with Gasteiger partial charge in [-0.1, -0.05) is 30.3 Å². The zero-order chi connectivity index (χ0) is 22.1. The minimum Gasteiger partial charge on any atom is -0.497 e. The van der Waals surface area contributed by atoms with Crippen molar-refractivity contribution in [2.24, 2.45) is 0 Å². The molecule has 1 atom stereocenters. The van der Waals surface area contributed by atoms with E-state index in [-0.39, 0.29) is 17.9 Å². The molecule has 0 unspecified atom stereocenters. The number of nitrogens with zero attached hydrogens (tertiary/aromatic N) is 2. The molecule has 0 saturated heterocycles. The molecule has 2 rings (SSSR count). The number of benzene rings is 2. The molecule has 0 spiro atoms. The van der Waals surface area contributed by atoms with Gasteiger partial charge in [-0.2, -0.15) is 4.31 Å². The maximum absolute atomic E-state index is 13.4. The van der Waals surface area contributed by atoms with Crippen molar-refractivity contribution in [3.05, 3.63) is 60.2 Å². The number of aliphatic carboxylic acids is 1. The largest absolute Gasteiger partial charge is 0.497 e. The number of hydrogen-bond donors (Lipinski definition) is 1. The second-order valence-electron chi connectivity index (χ2n) is 7.36. The topological polar surface area (TPSA) is 87.2 Å². The van der Waals surface area contributed by atoms with Crippen LogP contribution in [0.1, 0.15) is 24.8 Å². The van der Waals surface area contributed by atoms with Crippen LogP contribution in [0.25, 0.3) is 0 Å². The standard InChI is InChI=1S/C22H30N2O5S/c1-23(2)16-8-7-11-21(22(25)26)24(17-18-9-5-4-6-10-18)30(27,28)20-14-12-19(29-3)13-15-20/h4-6,9-10,12-15,21H,7-8,11,16-17H2,1-3H3,(H,25,26)/t21-/m1/s1. The van der Waals surface area contributed by atoms with Crippen molar-refractivity contribution in [2.45, 2.75) is 36.7 Å². The quantitative estimate of drug-likeness (QED) is 0.517. The molecule has 1 N–H and O–H groups in total. The van der Waals surface area contributed by atoms with E-state index in [1.54, 1.807) is 36.4 Å². The second-order valence-corrected chi connectivity index (χ2v) is 9.26. The molecule has 0 heterocycles. The molecule has 0 aliphatic carbocycles. The summed E-state index contributed by atoms with van der Waals surface area (Å²) in [5.74, 6) is -0.616. The number of carboxylic acids is 1. The van der Waals surface area contributed by atoms with Gasteiger partial charge in [-0.05, 0) is 69.7 Å². The highest BCUT2D eigenvalue weighted by Gasteiger charge is 2.35. The number of methoxy groups -OCH3 is 1. The SMILES string of the molecule is COc1ccc(S(=O)(=O)N(Cc2ccccc2)[C@H](CCCCN(C)C)C(=O)O)cc1. The third-order valence-electron chi connectivity index (χ3n) is 4.81. The van der Waals surface area contributed by atoms with Gasteiger partial charge in [0, 0.05) is 6.54 Å². The molecule has 0 aliphatic heterocycles. The summed E-state index contributed by atoms with van der Waals surface area (Å²) in [7, 11) is 1.36. The number of rotatable bonds is 12. The molecule has 0 aromatic heterocycles. The Labute approximate surface area is 178 Å². The fourth-order valence-electron chi connectivity index (χ4n) is 3.17. The van der Waals surface area contributed by atoms with Crippen molar-refractivity contribution in [3.63, 3.8) is 0 Å². The predicted molar refractivity (Wildman–Crippen MR) is 116 cm³/mol. The van der Waals surface area contributed by atoms with Gasteiger partial charge in [0.25, 0.3) is 0 Å². The Balaban J connectivity index is 2.36. The summed E-state index contributed by atoms with van der Waals surface area (Å²) in [6.45, 7) is 0.802. The van der Waals surface area contributed by atoms with Crippen molar-refractivity contribution in [1.29, 1.82) is 0 Å². The van der Waals surface area contributed by atoms with Gasteiger partial charge in [0.15, 0.2) is 0 Å². The fraction of sp³-hybridized carbons (Fsp3) is 0.409. The van der Waals surface area contributed by atoms with Crippen LogP contribution in [0.3, 0.4) is 0 Å². The van der Waals surface area contributed by atoms with Crippen molar-refractivity contribution in [3.8, 4) is 5.75 Å². The Morgan fingerprint density at radius 1 is 1.03 bits per heavy atom. The molecule has 2 aromatic rings. The first-order valence-corrected chi connectivity index (χ1v) is 11.3. The molecule has 0 fully saturated rings. The highest BCUT2D eigenvalue weighted by Crippen LogP contribution is 2.25. The third-order valence-corrected chi connectivity index (χ3v) is 6.68. The minimum absolute atomic E-state index is 0.0140. The smallest absolute Gasteiger partial charge is 0.322 e. The monoisotopic (exact) mass is 434 g/mol. The first-order valence-electron chi connectivity index (χ1n) is 9.83. The number of sulfonamides is 1. The van der Waals surface area contributed by atoms with Crippen LogP contribution in [-0.4, -0.2) is 62.5 Å². The number of carbonyl (C=O) groups is 1. The van der Waals surface area contributed by atoms with E-state index in [1.165, 1.54) is 19.2 Å². The van der Waals surface area contributed by atoms with Crippen LogP contribution < -0.4 is 4.74 Å². The molecule has 2 aromatic carbocycles. The highest BCUT2D eigenvalue weighted by atomic mass is 32.2. The molecule has 0 aliphatic rings. The third kappa shape index (κ3) is 6.55. The van der Waals surface area contributed by atoms with Gasteiger partial charge in [0.05, 0.1) is 12.0 Å². The second kappa shape index (κ2) is 11.1. The van der Waals surface area contributed by atoms with Crippen LogP contribution in [0.4, 0.5) is 0 Å². The summed E-state index contributed by atoms with van der Waals surface area (Å²) >= 11 is 0. The number of carboxylic acid groups (broad SMARTS) is 1. The van der Waals surface area contributed by atoms with Gasteiger partial charge in [0.1, 0.15) is 11.8 Å². The molecule has 0 amide bonds. The Kier molecular flexibility index (Phi) is 8.83. The van der Waals surface area contributed by atoms with Gasteiger partial charge in [-0.25, -0.2) is 8.42 Å². The maximum Gasteiger partial charge on any atom is 0.322 e. The summed E-state index contributed by atoms with van der Waals surface area (Å²) in [4.78, 5) is 14.2. The van der Waals surface area contributed by atoms with Gasteiger partial charge >= 0.3 is 5.97 Å². The van der Waals surface area contributed by atoms with Crippen molar-refractivity contribution < 1.29 is 23.1 Å². The summed E-state index contributed by atoms with van der Waals surface area (Å²) in [5.41, 5.74) is 0.731. The van der Waals surface area contributed by atoms with Crippen LogP contribution in [0.15, 0.2) is 59.5 Å².